The molecule has 0 aliphatic rings. The summed E-state index contributed by atoms with van der Waals surface area (Å²) >= 11 is 10.6. The van der Waals surface area contributed by atoms with Crippen molar-refractivity contribution in [2.75, 3.05) is 17.6 Å². The average molecular weight is 550 g/mol. The van der Waals surface area contributed by atoms with Crippen molar-refractivity contribution < 1.29 is 24.2 Å². The Morgan fingerprint density at radius 1 is 1.11 bits per heavy atom. The van der Waals surface area contributed by atoms with Crippen LogP contribution in [0.2, 0.25) is 5.02 Å². The second-order valence-electron chi connectivity index (χ2n) is 9.75. The zero-order valence-corrected chi connectivity index (χ0v) is 23.7. The minimum absolute atomic E-state index is 0.0317. The van der Waals surface area contributed by atoms with E-state index in [4.69, 9.17) is 16.3 Å². The Morgan fingerprint density at radius 2 is 1.73 bits per heavy atom. The number of nitrogens with one attached hydrogen (secondary N) is 2. The second-order valence-corrected chi connectivity index (χ2v) is 10.5. The molecule has 2 unspecified atom stereocenters. The molecule has 0 aliphatic heterocycles. The van der Waals surface area contributed by atoms with Gasteiger partial charge >= 0.3 is 6.09 Å². The SMILES string of the molecule is CCCN(C(=O)C(CS)NC(=O)OC(C)(C)C)C(C(=O)Nc1c(C)cccc1Cl)c1cccc(C)c1O. The highest BCUT2D eigenvalue weighted by atomic mass is 35.5. The van der Waals surface area contributed by atoms with Crippen LogP contribution in [-0.4, -0.2) is 51.9 Å². The molecule has 2 atom stereocenters. The number of amides is 3. The molecule has 0 heterocycles. The number of phenols is 1. The summed E-state index contributed by atoms with van der Waals surface area (Å²) in [6.45, 7) is 10.7. The number of hydrogen-bond acceptors (Lipinski definition) is 6. The maximum absolute atomic E-state index is 13.8. The van der Waals surface area contributed by atoms with E-state index in [2.05, 4.69) is 23.3 Å². The average Bonchev–Trinajstić information content (AvgIpc) is 2.80. The van der Waals surface area contributed by atoms with Crippen molar-refractivity contribution >= 4 is 47.8 Å². The number of rotatable bonds is 9. The molecule has 2 rings (SSSR count). The lowest BCUT2D eigenvalue weighted by Gasteiger charge is -2.34. The Kier molecular flexibility index (Phi) is 10.7. The fourth-order valence-electron chi connectivity index (χ4n) is 3.78. The van der Waals surface area contributed by atoms with Gasteiger partial charge in [-0.25, -0.2) is 4.79 Å². The van der Waals surface area contributed by atoms with Gasteiger partial charge in [0.2, 0.25) is 5.91 Å². The van der Waals surface area contributed by atoms with E-state index in [0.717, 1.165) is 5.56 Å². The van der Waals surface area contributed by atoms with E-state index >= 15 is 0 Å². The molecule has 37 heavy (non-hydrogen) atoms. The Morgan fingerprint density at radius 3 is 2.30 bits per heavy atom. The van der Waals surface area contributed by atoms with Crippen molar-refractivity contribution in [3.8, 4) is 5.75 Å². The van der Waals surface area contributed by atoms with Gasteiger partial charge in [0.25, 0.3) is 5.91 Å². The maximum atomic E-state index is 13.8. The van der Waals surface area contributed by atoms with Crippen molar-refractivity contribution in [3.63, 3.8) is 0 Å². The molecule has 2 aromatic rings. The molecule has 0 radical (unpaired) electrons. The predicted octanol–water partition coefficient (Wildman–Crippen LogP) is 5.40. The number of hydrogen-bond donors (Lipinski definition) is 4. The molecule has 0 saturated carbocycles. The van der Waals surface area contributed by atoms with Gasteiger partial charge in [-0.1, -0.05) is 48.9 Å². The highest BCUT2D eigenvalue weighted by molar-refractivity contribution is 7.80. The number of anilines is 1. The number of thiol groups is 1. The van der Waals surface area contributed by atoms with E-state index in [0.29, 0.717) is 22.7 Å². The molecular formula is C27H36ClN3O5S. The molecule has 8 nitrogen and oxygen atoms in total. The summed E-state index contributed by atoms with van der Waals surface area (Å²) in [7, 11) is 0. The molecule has 2 aromatic carbocycles. The van der Waals surface area contributed by atoms with Crippen molar-refractivity contribution in [1.82, 2.24) is 10.2 Å². The number of carbonyl (C=O) groups is 3. The Hall–Kier alpha value is -2.91. The third-order valence-electron chi connectivity index (χ3n) is 5.51. The summed E-state index contributed by atoms with van der Waals surface area (Å²) in [6, 6.07) is 7.94. The van der Waals surface area contributed by atoms with Gasteiger partial charge in [0.1, 0.15) is 23.4 Å². The molecule has 202 valence electrons. The van der Waals surface area contributed by atoms with Crippen LogP contribution in [0.4, 0.5) is 10.5 Å². The van der Waals surface area contributed by atoms with Crippen molar-refractivity contribution in [2.24, 2.45) is 0 Å². The summed E-state index contributed by atoms with van der Waals surface area (Å²) in [5, 5.41) is 16.6. The van der Waals surface area contributed by atoms with Crippen LogP contribution in [0.25, 0.3) is 0 Å². The second kappa shape index (κ2) is 13.1. The summed E-state index contributed by atoms with van der Waals surface area (Å²) in [5.74, 6) is -1.24. The number of alkyl carbamates (subject to hydrolysis) is 1. The van der Waals surface area contributed by atoms with E-state index in [9.17, 15) is 19.5 Å². The van der Waals surface area contributed by atoms with Crippen LogP contribution in [0.15, 0.2) is 36.4 Å². The zero-order chi connectivity index (χ0) is 27.9. The fourth-order valence-corrected chi connectivity index (χ4v) is 4.29. The fraction of sp³-hybridized carbons (Fsp3) is 0.444. The van der Waals surface area contributed by atoms with Gasteiger partial charge in [-0.2, -0.15) is 12.6 Å². The monoisotopic (exact) mass is 549 g/mol. The number of benzene rings is 2. The first kappa shape index (κ1) is 30.3. The van der Waals surface area contributed by atoms with Crippen LogP contribution in [0.1, 0.15) is 56.8 Å². The topological polar surface area (TPSA) is 108 Å². The van der Waals surface area contributed by atoms with Gasteiger partial charge in [0.15, 0.2) is 0 Å². The Labute approximate surface area is 229 Å². The highest BCUT2D eigenvalue weighted by Gasteiger charge is 2.37. The van der Waals surface area contributed by atoms with Gasteiger partial charge in [-0.15, -0.1) is 0 Å². The molecule has 0 fully saturated rings. The highest BCUT2D eigenvalue weighted by Crippen LogP contribution is 2.34. The predicted molar refractivity (Wildman–Crippen MR) is 149 cm³/mol. The molecule has 0 aliphatic carbocycles. The van der Waals surface area contributed by atoms with E-state index in [1.54, 1.807) is 71.0 Å². The summed E-state index contributed by atoms with van der Waals surface area (Å²) < 4.78 is 5.30. The minimum Gasteiger partial charge on any atom is -0.507 e. The quantitative estimate of drug-likeness (QED) is 0.313. The number of para-hydroxylation sites is 2. The Bertz CT molecular complexity index is 1120. The lowest BCUT2D eigenvalue weighted by atomic mass is 9.99. The standard InChI is InChI=1S/C27H36ClN3O5S/c1-7-14-31(25(34)20(15-37)29-26(35)36-27(4,5)6)22(18-12-8-11-17(3)23(18)32)24(33)30-21-16(2)10-9-13-19(21)28/h8-13,20,22,32,37H,7,14-15H2,1-6H3,(H,29,35)(H,30,33). The minimum atomic E-state index is -1.22. The smallest absolute Gasteiger partial charge is 0.408 e. The molecule has 0 saturated heterocycles. The van der Waals surface area contributed by atoms with Gasteiger partial charge < -0.3 is 25.4 Å². The van der Waals surface area contributed by atoms with Gasteiger partial charge in [-0.3, -0.25) is 9.59 Å². The largest absolute Gasteiger partial charge is 0.507 e. The summed E-state index contributed by atoms with van der Waals surface area (Å²) in [6.07, 6.45) is -0.263. The molecule has 3 amide bonds. The third kappa shape index (κ3) is 8.04. The molecule has 0 bridgehead atoms. The summed E-state index contributed by atoms with van der Waals surface area (Å²) in [4.78, 5) is 41.4. The van der Waals surface area contributed by atoms with Gasteiger partial charge in [0, 0.05) is 17.9 Å². The number of nitrogens with zero attached hydrogens (tertiary/aromatic N) is 1. The molecular weight excluding hydrogens is 514 g/mol. The first-order chi connectivity index (χ1) is 17.3. The van der Waals surface area contributed by atoms with Crippen molar-refractivity contribution in [1.29, 1.82) is 0 Å². The van der Waals surface area contributed by atoms with Crippen LogP contribution in [0.3, 0.4) is 0 Å². The van der Waals surface area contributed by atoms with E-state index < -0.39 is 35.6 Å². The molecule has 3 N–H and O–H groups in total. The van der Waals surface area contributed by atoms with Gasteiger partial charge in [-0.05, 0) is 58.2 Å². The van der Waals surface area contributed by atoms with E-state index in [1.165, 1.54) is 4.90 Å². The number of aromatic hydroxyl groups is 1. The lowest BCUT2D eigenvalue weighted by molar-refractivity contribution is -0.140. The number of carbonyl (C=O) groups excluding carboxylic acids is 3. The van der Waals surface area contributed by atoms with Crippen LogP contribution in [0.5, 0.6) is 5.75 Å². The lowest BCUT2D eigenvalue weighted by Crippen LogP contribution is -2.53. The van der Waals surface area contributed by atoms with Crippen molar-refractivity contribution in [2.45, 2.75) is 65.6 Å². The van der Waals surface area contributed by atoms with Crippen LogP contribution < -0.4 is 10.6 Å². The number of phenolic OH excluding ortho intramolecular Hbond substituents is 1. The van der Waals surface area contributed by atoms with Crippen LogP contribution >= 0.6 is 24.2 Å². The zero-order valence-electron chi connectivity index (χ0n) is 22.1. The van der Waals surface area contributed by atoms with E-state index in [1.807, 2.05) is 6.92 Å². The number of aryl methyl sites for hydroxylation is 2. The number of ether oxygens (including phenoxy) is 1. The van der Waals surface area contributed by atoms with Crippen LogP contribution in [0, 0.1) is 13.8 Å². The molecule has 0 spiro atoms. The van der Waals surface area contributed by atoms with Crippen molar-refractivity contribution in [3.05, 3.63) is 58.1 Å². The van der Waals surface area contributed by atoms with Crippen LogP contribution in [-0.2, 0) is 14.3 Å². The third-order valence-corrected chi connectivity index (χ3v) is 6.19. The van der Waals surface area contributed by atoms with E-state index in [-0.39, 0.29) is 23.6 Å². The maximum Gasteiger partial charge on any atom is 0.408 e. The first-order valence-corrected chi connectivity index (χ1v) is 13.1. The molecule has 10 heteroatoms. The normalized spacial score (nSPS) is 12.9. The number of halogens is 1. The summed E-state index contributed by atoms with van der Waals surface area (Å²) in [5.41, 5.74) is 1.18. The molecule has 0 aromatic heterocycles. The first-order valence-electron chi connectivity index (χ1n) is 12.1. The van der Waals surface area contributed by atoms with Gasteiger partial charge in [0.05, 0.1) is 10.7 Å². The Balaban J connectivity index is 2.54.